The number of benzene rings is 8. The molecule has 0 unspecified atom stereocenters. The molecular weight excluding hydrogens is 617 g/mol. The molecule has 0 aliphatic heterocycles. The molecule has 2 heteroatoms. The summed E-state index contributed by atoms with van der Waals surface area (Å²) in [5, 5.41) is 7.61. The van der Waals surface area contributed by atoms with Crippen molar-refractivity contribution < 1.29 is 0 Å². The van der Waals surface area contributed by atoms with Gasteiger partial charge in [-0.2, -0.15) is 0 Å². The molecule has 0 saturated heterocycles. The van der Waals surface area contributed by atoms with Crippen LogP contribution in [0.15, 0.2) is 170 Å². The number of aromatic nitrogens is 2. The number of para-hydroxylation sites is 2. The standard InChI is InChI=1S/C49H34N2/c1-49(2)43-18-10-8-16-37(43)39-30-48-42(29-44(39)49)41-28-34(22-25-47(41)50(48)35-14-4-3-5-15-35)33-21-24-46-40(27-33)38-17-9-11-19-45(38)51(46)36-23-20-31-12-6-7-13-32(31)26-36/h3-30H,1-2H3. The molecule has 0 spiro atoms. The van der Waals surface area contributed by atoms with E-state index >= 15 is 0 Å². The fourth-order valence-electron chi connectivity index (χ4n) is 8.99. The molecule has 0 saturated carbocycles. The Hall–Kier alpha value is -6.38. The number of hydrogen-bond acceptors (Lipinski definition) is 0. The van der Waals surface area contributed by atoms with E-state index in [1.165, 1.54) is 99.1 Å². The van der Waals surface area contributed by atoms with Crippen molar-refractivity contribution in [3.8, 4) is 33.6 Å². The highest BCUT2D eigenvalue weighted by molar-refractivity contribution is 6.14. The van der Waals surface area contributed by atoms with E-state index in [-0.39, 0.29) is 5.41 Å². The minimum absolute atomic E-state index is 0.0663. The highest BCUT2D eigenvalue weighted by Gasteiger charge is 2.36. The Bertz CT molecular complexity index is 3040. The first kappa shape index (κ1) is 28.5. The van der Waals surface area contributed by atoms with E-state index in [0.29, 0.717) is 0 Å². The van der Waals surface area contributed by atoms with E-state index in [9.17, 15) is 0 Å². The van der Waals surface area contributed by atoms with Crippen LogP contribution < -0.4 is 0 Å². The van der Waals surface area contributed by atoms with Gasteiger partial charge in [0.05, 0.1) is 22.1 Å². The van der Waals surface area contributed by atoms with Crippen LogP contribution in [-0.4, -0.2) is 9.13 Å². The van der Waals surface area contributed by atoms with Crippen molar-refractivity contribution in [2.45, 2.75) is 19.3 Å². The van der Waals surface area contributed by atoms with Gasteiger partial charge in [0.25, 0.3) is 0 Å². The predicted octanol–water partition coefficient (Wildman–Crippen LogP) is 13.0. The summed E-state index contributed by atoms with van der Waals surface area (Å²) in [6, 6.07) is 62.9. The fraction of sp³-hybridized carbons (Fsp3) is 0.0612. The van der Waals surface area contributed by atoms with Crippen LogP contribution >= 0.6 is 0 Å². The van der Waals surface area contributed by atoms with Gasteiger partial charge in [-0.3, -0.25) is 0 Å². The largest absolute Gasteiger partial charge is 0.309 e. The summed E-state index contributed by atoms with van der Waals surface area (Å²) >= 11 is 0. The molecule has 240 valence electrons. The molecule has 0 N–H and O–H groups in total. The van der Waals surface area contributed by atoms with Crippen molar-refractivity contribution in [2.24, 2.45) is 0 Å². The van der Waals surface area contributed by atoms with Crippen LogP contribution in [0.3, 0.4) is 0 Å². The zero-order chi connectivity index (χ0) is 33.8. The minimum atomic E-state index is -0.0663. The lowest BCUT2D eigenvalue weighted by Gasteiger charge is -2.21. The van der Waals surface area contributed by atoms with Gasteiger partial charge >= 0.3 is 0 Å². The quantitative estimate of drug-likeness (QED) is 0.180. The number of fused-ring (bicyclic) bond motifs is 10. The first-order valence-electron chi connectivity index (χ1n) is 17.9. The molecule has 0 radical (unpaired) electrons. The fourth-order valence-corrected chi connectivity index (χ4v) is 8.99. The van der Waals surface area contributed by atoms with Crippen molar-refractivity contribution >= 4 is 54.4 Å². The molecule has 10 aromatic rings. The second kappa shape index (κ2) is 10.3. The van der Waals surface area contributed by atoms with Crippen LogP contribution in [-0.2, 0) is 5.41 Å². The third-order valence-corrected chi connectivity index (χ3v) is 11.5. The maximum absolute atomic E-state index is 2.48. The third-order valence-electron chi connectivity index (χ3n) is 11.5. The molecule has 11 rings (SSSR count). The number of nitrogens with zero attached hydrogens (tertiary/aromatic N) is 2. The van der Waals surface area contributed by atoms with Gasteiger partial charge in [-0.25, -0.2) is 0 Å². The summed E-state index contributed by atoms with van der Waals surface area (Å²) in [6.45, 7) is 4.74. The Balaban J connectivity index is 1.14. The summed E-state index contributed by atoms with van der Waals surface area (Å²) < 4.78 is 4.86. The molecule has 2 aromatic heterocycles. The molecule has 8 aromatic carbocycles. The average molecular weight is 651 g/mol. The van der Waals surface area contributed by atoms with Gasteiger partial charge in [-0.1, -0.05) is 117 Å². The van der Waals surface area contributed by atoms with E-state index in [4.69, 9.17) is 0 Å². The molecule has 51 heavy (non-hydrogen) atoms. The van der Waals surface area contributed by atoms with Crippen molar-refractivity contribution in [2.75, 3.05) is 0 Å². The Morgan fingerprint density at radius 3 is 1.76 bits per heavy atom. The maximum atomic E-state index is 2.48. The summed E-state index contributed by atoms with van der Waals surface area (Å²) in [4.78, 5) is 0. The molecule has 0 bridgehead atoms. The van der Waals surface area contributed by atoms with E-state index in [0.717, 1.165) is 0 Å². The van der Waals surface area contributed by atoms with Crippen LogP contribution in [0.4, 0.5) is 0 Å². The van der Waals surface area contributed by atoms with Crippen LogP contribution in [0, 0.1) is 0 Å². The lowest BCUT2D eigenvalue weighted by molar-refractivity contribution is 0.661. The van der Waals surface area contributed by atoms with Gasteiger partial charge in [-0.05, 0) is 111 Å². The number of rotatable bonds is 3. The van der Waals surface area contributed by atoms with Gasteiger partial charge in [0, 0.05) is 38.3 Å². The van der Waals surface area contributed by atoms with Crippen LogP contribution in [0.5, 0.6) is 0 Å². The zero-order valence-corrected chi connectivity index (χ0v) is 28.6. The van der Waals surface area contributed by atoms with Crippen molar-refractivity contribution in [3.05, 3.63) is 181 Å². The predicted molar refractivity (Wildman–Crippen MR) is 216 cm³/mol. The minimum Gasteiger partial charge on any atom is -0.309 e. The van der Waals surface area contributed by atoms with Crippen LogP contribution in [0.1, 0.15) is 25.0 Å². The summed E-state index contributed by atoms with van der Waals surface area (Å²) in [6.07, 6.45) is 0. The Morgan fingerprint density at radius 1 is 0.353 bits per heavy atom. The SMILES string of the molecule is CC1(C)c2ccccc2-c2cc3c(cc21)c1cc(-c2ccc4c(c2)c2ccccc2n4-c2ccc4ccccc4c2)ccc1n3-c1ccccc1. The van der Waals surface area contributed by atoms with E-state index in [1.54, 1.807) is 0 Å². The van der Waals surface area contributed by atoms with Gasteiger partial charge < -0.3 is 9.13 Å². The first-order valence-corrected chi connectivity index (χ1v) is 17.9. The van der Waals surface area contributed by atoms with Crippen molar-refractivity contribution in [1.82, 2.24) is 9.13 Å². The topological polar surface area (TPSA) is 9.86 Å². The summed E-state index contributed by atoms with van der Waals surface area (Å²) in [7, 11) is 0. The van der Waals surface area contributed by atoms with Gasteiger partial charge in [0.1, 0.15) is 0 Å². The monoisotopic (exact) mass is 650 g/mol. The molecule has 0 amide bonds. The smallest absolute Gasteiger partial charge is 0.0547 e. The van der Waals surface area contributed by atoms with Crippen LogP contribution in [0.2, 0.25) is 0 Å². The summed E-state index contributed by atoms with van der Waals surface area (Å²) in [5.74, 6) is 0. The molecule has 0 fully saturated rings. The van der Waals surface area contributed by atoms with Gasteiger partial charge in [-0.15, -0.1) is 0 Å². The molecule has 1 aliphatic rings. The molecular formula is C49H34N2. The van der Waals surface area contributed by atoms with Gasteiger partial charge in [0.15, 0.2) is 0 Å². The van der Waals surface area contributed by atoms with E-state index < -0.39 is 0 Å². The second-order valence-electron chi connectivity index (χ2n) is 14.6. The first-order chi connectivity index (χ1) is 25.0. The van der Waals surface area contributed by atoms with Crippen LogP contribution in [0.25, 0.3) is 88.0 Å². The molecule has 2 nitrogen and oxygen atoms in total. The summed E-state index contributed by atoms with van der Waals surface area (Å²) in [5.41, 5.74) is 15.1. The normalized spacial score (nSPS) is 13.5. The molecule has 0 atom stereocenters. The van der Waals surface area contributed by atoms with E-state index in [2.05, 4.69) is 193 Å². The van der Waals surface area contributed by atoms with Gasteiger partial charge in [0.2, 0.25) is 0 Å². The Labute approximate surface area is 296 Å². The third kappa shape index (κ3) is 3.99. The lowest BCUT2D eigenvalue weighted by atomic mass is 9.82. The Kier molecular flexibility index (Phi) is 5.76. The highest BCUT2D eigenvalue weighted by Crippen LogP contribution is 2.51. The number of hydrogen-bond donors (Lipinski definition) is 0. The molecule has 2 heterocycles. The Morgan fingerprint density at radius 2 is 0.961 bits per heavy atom. The second-order valence-corrected chi connectivity index (χ2v) is 14.6. The maximum Gasteiger partial charge on any atom is 0.0547 e. The van der Waals surface area contributed by atoms with Crippen molar-refractivity contribution in [3.63, 3.8) is 0 Å². The van der Waals surface area contributed by atoms with Crippen molar-refractivity contribution in [1.29, 1.82) is 0 Å². The highest BCUT2D eigenvalue weighted by atomic mass is 15.0. The molecule has 1 aliphatic carbocycles. The van der Waals surface area contributed by atoms with E-state index in [1.807, 2.05) is 0 Å². The lowest BCUT2D eigenvalue weighted by Crippen LogP contribution is -2.14. The average Bonchev–Trinajstić information content (AvgIpc) is 3.76. The zero-order valence-electron chi connectivity index (χ0n) is 28.6.